The lowest BCUT2D eigenvalue weighted by molar-refractivity contribution is -0.125. The lowest BCUT2D eigenvalue weighted by atomic mass is 10.1. The number of amides is 2. The van der Waals surface area contributed by atoms with Crippen LogP contribution in [0.4, 0.5) is 0 Å². The third-order valence-corrected chi connectivity index (χ3v) is 4.66. The molecule has 1 aromatic carbocycles. The third kappa shape index (κ3) is 4.14. The SMILES string of the molecule is CCN1C(=O)CS/C1=C(/C#N)C(=O)NCCc1ccc(C)cc1. The average Bonchev–Trinajstić information content (AvgIpc) is 2.91. The van der Waals surface area contributed by atoms with Gasteiger partial charge in [-0.25, -0.2) is 0 Å². The Balaban J connectivity index is 1.99. The number of thioether (sulfide) groups is 1. The second-order valence-electron chi connectivity index (χ2n) is 5.21. The van der Waals surface area contributed by atoms with E-state index >= 15 is 0 Å². The maximum Gasteiger partial charge on any atom is 0.264 e. The molecular formula is C17H19N3O2S. The molecule has 1 aliphatic rings. The second-order valence-corrected chi connectivity index (χ2v) is 6.17. The van der Waals surface area contributed by atoms with Crippen LogP contribution in [0.3, 0.4) is 0 Å². The molecule has 120 valence electrons. The van der Waals surface area contributed by atoms with Crippen molar-refractivity contribution in [1.82, 2.24) is 10.2 Å². The van der Waals surface area contributed by atoms with Gasteiger partial charge < -0.3 is 10.2 Å². The van der Waals surface area contributed by atoms with Gasteiger partial charge in [0.1, 0.15) is 16.7 Å². The minimum atomic E-state index is -0.421. The number of benzene rings is 1. The van der Waals surface area contributed by atoms with Crippen molar-refractivity contribution in [1.29, 1.82) is 5.26 Å². The molecule has 0 bridgehead atoms. The Hall–Kier alpha value is -2.26. The average molecular weight is 329 g/mol. The summed E-state index contributed by atoms with van der Waals surface area (Å²) >= 11 is 1.25. The van der Waals surface area contributed by atoms with Crippen LogP contribution >= 0.6 is 11.8 Å². The lowest BCUT2D eigenvalue weighted by Crippen LogP contribution is -2.30. The minimum Gasteiger partial charge on any atom is -0.351 e. The fourth-order valence-corrected chi connectivity index (χ4v) is 3.37. The minimum absolute atomic E-state index is 0.0200. The van der Waals surface area contributed by atoms with E-state index in [1.54, 1.807) is 0 Å². The van der Waals surface area contributed by atoms with Crippen LogP contribution in [0.2, 0.25) is 0 Å². The molecule has 0 aliphatic carbocycles. The highest BCUT2D eigenvalue weighted by molar-refractivity contribution is 8.04. The molecule has 1 saturated heterocycles. The van der Waals surface area contributed by atoms with Gasteiger partial charge in [0.05, 0.1) is 5.75 Å². The molecule has 1 aromatic rings. The summed E-state index contributed by atoms with van der Waals surface area (Å²) in [7, 11) is 0. The number of rotatable bonds is 5. The molecule has 2 amide bonds. The van der Waals surface area contributed by atoms with Gasteiger partial charge in [0.25, 0.3) is 5.91 Å². The molecule has 0 saturated carbocycles. The van der Waals surface area contributed by atoms with E-state index in [2.05, 4.69) is 5.32 Å². The number of nitriles is 1. The van der Waals surface area contributed by atoms with E-state index in [0.29, 0.717) is 24.5 Å². The summed E-state index contributed by atoms with van der Waals surface area (Å²) in [6.45, 7) is 4.76. The smallest absolute Gasteiger partial charge is 0.264 e. The Morgan fingerprint density at radius 2 is 2.09 bits per heavy atom. The standard InChI is InChI=1S/C17H19N3O2S/c1-3-20-15(21)11-23-17(20)14(10-18)16(22)19-9-8-13-6-4-12(2)5-7-13/h4-7H,3,8-9,11H2,1-2H3,(H,19,22)/b17-14-. The Morgan fingerprint density at radius 1 is 1.39 bits per heavy atom. The normalized spacial score (nSPS) is 16.2. The van der Waals surface area contributed by atoms with Crippen LogP contribution in [-0.4, -0.2) is 35.6 Å². The molecule has 23 heavy (non-hydrogen) atoms. The summed E-state index contributed by atoms with van der Waals surface area (Å²) in [5.41, 5.74) is 2.34. The summed E-state index contributed by atoms with van der Waals surface area (Å²) in [6, 6.07) is 10.0. The predicted octanol–water partition coefficient (Wildman–Crippen LogP) is 1.98. The Morgan fingerprint density at radius 3 is 2.70 bits per heavy atom. The van der Waals surface area contributed by atoms with Crippen molar-refractivity contribution in [3.05, 3.63) is 46.0 Å². The van der Waals surface area contributed by atoms with Gasteiger partial charge in [-0.15, -0.1) is 0 Å². The quantitative estimate of drug-likeness (QED) is 0.662. The van der Waals surface area contributed by atoms with Gasteiger partial charge in [-0.3, -0.25) is 9.59 Å². The highest BCUT2D eigenvalue weighted by atomic mass is 32.2. The molecular weight excluding hydrogens is 310 g/mol. The largest absolute Gasteiger partial charge is 0.351 e. The van der Waals surface area contributed by atoms with E-state index in [-0.39, 0.29) is 17.2 Å². The Bertz CT molecular complexity index is 674. The number of hydrogen-bond acceptors (Lipinski definition) is 4. The maximum absolute atomic E-state index is 12.2. The zero-order valence-electron chi connectivity index (χ0n) is 13.3. The monoisotopic (exact) mass is 329 g/mol. The topological polar surface area (TPSA) is 73.2 Å². The van der Waals surface area contributed by atoms with Crippen LogP contribution < -0.4 is 5.32 Å². The van der Waals surface area contributed by atoms with Crippen molar-refractivity contribution in [3.63, 3.8) is 0 Å². The van der Waals surface area contributed by atoms with Crippen LogP contribution in [-0.2, 0) is 16.0 Å². The third-order valence-electron chi connectivity index (χ3n) is 3.57. The zero-order chi connectivity index (χ0) is 16.8. The lowest BCUT2D eigenvalue weighted by Gasteiger charge is -2.15. The van der Waals surface area contributed by atoms with Gasteiger partial charge in [-0.1, -0.05) is 41.6 Å². The first kappa shape index (κ1) is 17.1. The summed E-state index contributed by atoms with van der Waals surface area (Å²) in [5, 5.41) is 12.5. The first-order chi connectivity index (χ1) is 11.1. The summed E-state index contributed by atoms with van der Waals surface area (Å²) in [6.07, 6.45) is 0.698. The molecule has 1 aliphatic heterocycles. The van der Waals surface area contributed by atoms with E-state index in [1.165, 1.54) is 22.2 Å². The molecule has 0 radical (unpaired) electrons. The molecule has 0 spiro atoms. The summed E-state index contributed by atoms with van der Waals surface area (Å²) < 4.78 is 0. The van der Waals surface area contributed by atoms with Crippen LogP contribution in [0.15, 0.2) is 34.9 Å². The highest BCUT2D eigenvalue weighted by Gasteiger charge is 2.30. The fraction of sp³-hybridized carbons (Fsp3) is 0.353. The number of aryl methyl sites for hydroxylation is 1. The number of nitrogens with one attached hydrogen (secondary N) is 1. The van der Waals surface area contributed by atoms with Crippen molar-refractivity contribution in [2.75, 3.05) is 18.8 Å². The first-order valence-electron chi connectivity index (χ1n) is 7.48. The molecule has 1 fully saturated rings. The zero-order valence-corrected chi connectivity index (χ0v) is 14.1. The van der Waals surface area contributed by atoms with E-state index in [0.717, 1.165) is 5.56 Å². The number of hydrogen-bond donors (Lipinski definition) is 1. The van der Waals surface area contributed by atoms with Gasteiger partial charge >= 0.3 is 0 Å². The van der Waals surface area contributed by atoms with Gasteiger partial charge in [-0.05, 0) is 25.8 Å². The Labute approximate surface area is 140 Å². The van der Waals surface area contributed by atoms with Crippen LogP contribution in [0, 0.1) is 18.3 Å². The van der Waals surface area contributed by atoms with Gasteiger partial charge in [0.2, 0.25) is 5.91 Å². The Kier molecular flexibility index (Phi) is 5.83. The van der Waals surface area contributed by atoms with Gasteiger partial charge in [0.15, 0.2) is 0 Å². The molecule has 0 unspecified atom stereocenters. The number of carbonyl (C=O) groups is 2. The van der Waals surface area contributed by atoms with E-state index in [4.69, 9.17) is 0 Å². The van der Waals surface area contributed by atoms with Crippen molar-refractivity contribution in [3.8, 4) is 6.07 Å². The molecule has 6 heteroatoms. The number of nitrogens with zero attached hydrogens (tertiary/aromatic N) is 2. The van der Waals surface area contributed by atoms with Gasteiger partial charge in [-0.2, -0.15) is 5.26 Å². The van der Waals surface area contributed by atoms with Crippen molar-refractivity contribution in [2.45, 2.75) is 20.3 Å². The molecule has 0 atom stereocenters. The van der Waals surface area contributed by atoms with E-state index < -0.39 is 5.91 Å². The van der Waals surface area contributed by atoms with Gasteiger partial charge in [0, 0.05) is 13.1 Å². The second kappa shape index (κ2) is 7.84. The van der Waals surface area contributed by atoms with Crippen molar-refractivity contribution >= 4 is 23.6 Å². The fourth-order valence-electron chi connectivity index (χ4n) is 2.29. The molecule has 1 heterocycles. The molecule has 5 nitrogen and oxygen atoms in total. The highest BCUT2D eigenvalue weighted by Crippen LogP contribution is 2.31. The van der Waals surface area contributed by atoms with Crippen molar-refractivity contribution in [2.24, 2.45) is 0 Å². The van der Waals surface area contributed by atoms with Crippen LogP contribution in [0.1, 0.15) is 18.1 Å². The van der Waals surface area contributed by atoms with Crippen molar-refractivity contribution < 1.29 is 9.59 Å². The first-order valence-corrected chi connectivity index (χ1v) is 8.46. The predicted molar refractivity (Wildman–Crippen MR) is 90.4 cm³/mol. The van der Waals surface area contributed by atoms with Crippen LogP contribution in [0.25, 0.3) is 0 Å². The molecule has 0 aromatic heterocycles. The summed E-state index contributed by atoms with van der Waals surface area (Å²) in [5.74, 6) is -0.201. The molecule has 2 rings (SSSR count). The number of carbonyl (C=O) groups excluding carboxylic acids is 2. The van der Waals surface area contributed by atoms with E-state index in [9.17, 15) is 14.9 Å². The summed E-state index contributed by atoms with van der Waals surface area (Å²) in [4.78, 5) is 25.4. The van der Waals surface area contributed by atoms with E-state index in [1.807, 2.05) is 44.2 Å². The molecule has 1 N–H and O–H groups in total. The van der Waals surface area contributed by atoms with Crippen LogP contribution in [0.5, 0.6) is 0 Å². The maximum atomic E-state index is 12.2.